The quantitative estimate of drug-likeness (QED) is 0.794. The summed E-state index contributed by atoms with van der Waals surface area (Å²) in [5.41, 5.74) is 4.23. The van der Waals surface area contributed by atoms with Crippen LogP contribution in [0.1, 0.15) is 30.4 Å². The number of hydrogen-bond acceptors (Lipinski definition) is 5. The molecule has 1 amide bonds. The van der Waals surface area contributed by atoms with E-state index in [1.165, 1.54) is 0 Å². The largest absolute Gasteiger partial charge is 0.493 e. The number of benzene rings is 1. The molecule has 2 aromatic carbocycles. The van der Waals surface area contributed by atoms with Crippen LogP contribution >= 0.6 is 0 Å². The maximum atomic E-state index is 13.0. The zero-order valence-electron chi connectivity index (χ0n) is 17.0. The molecule has 0 N–H and O–H groups in total. The summed E-state index contributed by atoms with van der Waals surface area (Å²) in [6.45, 7) is 0.591. The van der Waals surface area contributed by atoms with Crippen LogP contribution in [0.15, 0.2) is 29.1 Å². The van der Waals surface area contributed by atoms with Crippen LogP contribution < -0.4 is 24.5 Å². The first-order valence-corrected chi connectivity index (χ1v) is 9.88. The molecule has 0 atom stereocenters. The van der Waals surface area contributed by atoms with Crippen LogP contribution in [-0.2, 0) is 17.6 Å². The topological polar surface area (TPSA) is 65.1 Å². The molecule has 0 unspecified atom stereocenters. The van der Waals surface area contributed by atoms with Crippen LogP contribution in [0.3, 0.4) is 0 Å². The summed E-state index contributed by atoms with van der Waals surface area (Å²) < 4.78 is 16.8. The Bertz CT molecular complexity index is 1030. The van der Waals surface area contributed by atoms with Crippen molar-refractivity contribution >= 4 is 11.6 Å². The van der Waals surface area contributed by atoms with Crippen LogP contribution in [0, 0.1) is 0 Å². The number of nitrogens with zero attached hydrogens (tertiary/aromatic N) is 1. The standard InChI is InChI=1S/C23H25NO5/c1-27-19-13-15-7-4-6-14-12-18(25)17(24-11-5-8-20(24)26)10-9-16(14)21(15)23(29-3)22(19)28-2/h9-10,12-13H,4-8,11H2,1-3H3. The fourth-order valence-electron chi connectivity index (χ4n) is 4.41. The highest BCUT2D eigenvalue weighted by Crippen LogP contribution is 2.48. The fraction of sp³-hybridized carbons (Fsp3) is 0.391. The molecule has 2 aromatic rings. The van der Waals surface area contributed by atoms with E-state index in [9.17, 15) is 9.59 Å². The Morgan fingerprint density at radius 1 is 0.828 bits per heavy atom. The van der Waals surface area contributed by atoms with Crippen LogP contribution in [0.2, 0.25) is 0 Å². The Morgan fingerprint density at radius 2 is 1.59 bits per heavy atom. The number of carbonyl (C=O) groups excluding carboxylic acids is 1. The summed E-state index contributed by atoms with van der Waals surface area (Å²) in [4.78, 5) is 26.8. The molecule has 4 rings (SSSR count). The predicted octanol–water partition coefficient (Wildman–Crippen LogP) is 3.36. The molecule has 0 aromatic heterocycles. The second kappa shape index (κ2) is 7.78. The van der Waals surface area contributed by atoms with E-state index >= 15 is 0 Å². The summed E-state index contributed by atoms with van der Waals surface area (Å²) in [7, 11) is 4.80. The Labute approximate surface area is 170 Å². The lowest BCUT2D eigenvalue weighted by Gasteiger charge is -2.19. The second-order valence-corrected chi connectivity index (χ2v) is 7.35. The minimum atomic E-state index is -0.121. The molecule has 1 aliphatic heterocycles. The molecule has 1 saturated heterocycles. The van der Waals surface area contributed by atoms with E-state index in [1.54, 1.807) is 38.4 Å². The molecule has 29 heavy (non-hydrogen) atoms. The van der Waals surface area contributed by atoms with Crippen LogP contribution in [0.25, 0.3) is 11.1 Å². The molecule has 1 heterocycles. The predicted molar refractivity (Wildman–Crippen MR) is 111 cm³/mol. The van der Waals surface area contributed by atoms with Crippen LogP contribution in [0.5, 0.6) is 17.2 Å². The van der Waals surface area contributed by atoms with E-state index in [4.69, 9.17) is 14.2 Å². The number of ether oxygens (including phenoxy) is 3. The Morgan fingerprint density at radius 3 is 2.24 bits per heavy atom. The van der Waals surface area contributed by atoms with Gasteiger partial charge in [0.1, 0.15) is 0 Å². The molecule has 6 heteroatoms. The van der Waals surface area contributed by atoms with Crippen molar-refractivity contribution in [3.05, 3.63) is 45.6 Å². The molecule has 1 fully saturated rings. The van der Waals surface area contributed by atoms with Crippen molar-refractivity contribution in [1.82, 2.24) is 0 Å². The molecule has 1 aliphatic carbocycles. The average molecular weight is 395 g/mol. The van der Waals surface area contributed by atoms with Gasteiger partial charge in [-0.15, -0.1) is 0 Å². The summed E-state index contributed by atoms with van der Waals surface area (Å²) in [6, 6.07) is 7.38. The fourth-order valence-corrected chi connectivity index (χ4v) is 4.41. The number of rotatable bonds is 4. The Kier molecular flexibility index (Phi) is 5.18. The Balaban J connectivity index is 1.98. The van der Waals surface area contributed by atoms with Crippen molar-refractivity contribution in [2.75, 3.05) is 32.8 Å². The number of anilines is 1. The first-order valence-electron chi connectivity index (χ1n) is 9.88. The SMILES string of the molecule is COc1cc2c(c(OC)c1OC)-c1ccc(N3CCCC3=O)c(=O)cc1CCC2. The number of aryl methyl sites for hydroxylation is 2. The lowest BCUT2D eigenvalue weighted by atomic mass is 9.96. The van der Waals surface area contributed by atoms with Crippen LogP contribution in [0.4, 0.5) is 5.69 Å². The van der Waals surface area contributed by atoms with Gasteiger partial charge < -0.3 is 19.1 Å². The number of amides is 1. The lowest BCUT2D eigenvalue weighted by Crippen LogP contribution is -2.27. The van der Waals surface area contributed by atoms with Gasteiger partial charge in [-0.1, -0.05) is 6.07 Å². The van der Waals surface area contributed by atoms with Gasteiger partial charge in [0.2, 0.25) is 17.1 Å². The molecule has 0 radical (unpaired) electrons. The first kappa shape index (κ1) is 19.3. The highest BCUT2D eigenvalue weighted by Gasteiger charge is 2.27. The van der Waals surface area contributed by atoms with E-state index < -0.39 is 0 Å². The summed E-state index contributed by atoms with van der Waals surface area (Å²) in [5, 5.41) is 0. The monoisotopic (exact) mass is 395 g/mol. The summed E-state index contributed by atoms with van der Waals surface area (Å²) in [6.07, 6.45) is 3.79. The van der Waals surface area contributed by atoms with Gasteiger partial charge in [-0.25, -0.2) is 0 Å². The summed E-state index contributed by atoms with van der Waals surface area (Å²) in [5.74, 6) is 1.76. The smallest absolute Gasteiger partial charge is 0.227 e. The van der Waals surface area contributed by atoms with Gasteiger partial charge >= 0.3 is 0 Å². The minimum Gasteiger partial charge on any atom is -0.493 e. The van der Waals surface area contributed by atoms with Gasteiger partial charge in [0, 0.05) is 18.5 Å². The second-order valence-electron chi connectivity index (χ2n) is 7.35. The van der Waals surface area contributed by atoms with Gasteiger partial charge in [-0.05, 0) is 60.6 Å². The van der Waals surface area contributed by atoms with E-state index in [0.29, 0.717) is 35.9 Å². The Hall–Kier alpha value is -3.02. The maximum absolute atomic E-state index is 13.0. The zero-order chi connectivity index (χ0) is 20.5. The van der Waals surface area contributed by atoms with Crippen molar-refractivity contribution in [1.29, 1.82) is 0 Å². The van der Waals surface area contributed by atoms with Gasteiger partial charge in [-0.3, -0.25) is 9.59 Å². The molecule has 0 saturated carbocycles. The first-order chi connectivity index (χ1) is 14.1. The third-order valence-electron chi connectivity index (χ3n) is 5.75. The molecule has 2 aliphatic rings. The molecule has 0 spiro atoms. The lowest BCUT2D eigenvalue weighted by molar-refractivity contribution is -0.117. The van der Waals surface area contributed by atoms with Crippen LogP contribution in [-0.4, -0.2) is 33.8 Å². The number of fused-ring (bicyclic) bond motifs is 3. The van der Waals surface area contributed by atoms with Crippen molar-refractivity contribution < 1.29 is 19.0 Å². The zero-order valence-corrected chi connectivity index (χ0v) is 17.0. The number of carbonyl (C=O) groups is 1. The number of methoxy groups -OCH3 is 3. The van der Waals surface area contributed by atoms with Gasteiger partial charge in [0.25, 0.3) is 0 Å². The molecule has 6 nitrogen and oxygen atoms in total. The molecular formula is C23H25NO5. The van der Waals surface area contributed by atoms with Gasteiger partial charge in [0.15, 0.2) is 11.5 Å². The number of hydrogen-bond donors (Lipinski definition) is 0. The average Bonchev–Trinajstić information content (AvgIpc) is 2.98. The highest BCUT2D eigenvalue weighted by atomic mass is 16.5. The van der Waals surface area contributed by atoms with Crippen molar-refractivity contribution in [3.63, 3.8) is 0 Å². The van der Waals surface area contributed by atoms with Gasteiger partial charge in [-0.2, -0.15) is 0 Å². The summed E-state index contributed by atoms with van der Waals surface area (Å²) >= 11 is 0. The van der Waals surface area contributed by atoms with E-state index in [1.807, 2.05) is 12.1 Å². The molecule has 152 valence electrons. The maximum Gasteiger partial charge on any atom is 0.227 e. The van der Waals surface area contributed by atoms with Crippen molar-refractivity contribution in [3.8, 4) is 28.4 Å². The molecular weight excluding hydrogens is 370 g/mol. The normalized spacial score (nSPS) is 15.4. The van der Waals surface area contributed by atoms with E-state index in [-0.39, 0.29) is 11.3 Å². The van der Waals surface area contributed by atoms with E-state index in [0.717, 1.165) is 47.9 Å². The van der Waals surface area contributed by atoms with Crippen molar-refractivity contribution in [2.24, 2.45) is 0 Å². The third kappa shape index (κ3) is 3.22. The molecule has 0 bridgehead atoms. The van der Waals surface area contributed by atoms with Gasteiger partial charge in [0.05, 0.1) is 27.0 Å². The highest BCUT2D eigenvalue weighted by molar-refractivity contribution is 5.95. The van der Waals surface area contributed by atoms with E-state index in [2.05, 4.69) is 0 Å². The minimum absolute atomic E-state index is 0.00730. The van der Waals surface area contributed by atoms with Crippen molar-refractivity contribution in [2.45, 2.75) is 32.1 Å². The third-order valence-corrected chi connectivity index (χ3v) is 5.75.